The Bertz CT molecular complexity index is 405. The summed E-state index contributed by atoms with van der Waals surface area (Å²) in [5.41, 5.74) is 0. The third-order valence-corrected chi connectivity index (χ3v) is 4.16. The summed E-state index contributed by atoms with van der Waals surface area (Å²) in [6.45, 7) is 5.87. The summed E-state index contributed by atoms with van der Waals surface area (Å²) in [7, 11) is 0. The molecular weight excluding hydrogens is 278 g/mol. The SMILES string of the molecule is CCCOc1ccc(OCCN2CCCCC2CCO)cc1. The Kier molecular flexibility index (Phi) is 7.54. The van der Waals surface area contributed by atoms with E-state index < -0.39 is 0 Å². The van der Waals surface area contributed by atoms with Crippen molar-refractivity contribution in [3.63, 3.8) is 0 Å². The molecule has 0 bridgehead atoms. The third kappa shape index (κ3) is 5.50. The van der Waals surface area contributed by atoms with Crippen molar-refractivity contribution >= 4 is 0 Å². The molecule has 22 heavy (non-hydrogen) atoms. The Morgan fingerprint density at radius 2 is 1.77 bits per heavy atom. The zero-order valence-corrected chi connectivity index (χ0v) is 13.7. The monoisotopic (exact) mass is 307 g/mol. The van der Waals surface area contributed by atoms with Crippen molar-refractivity contribution in [3.05, 3.63) is 24.3 Å². The molecule has 1 unspecified atom stereocenters. The number of aliphatic hydroxyl groups excluding tert-OH is 1. The van der Waals surface area contributed by atoms with Gasteiger partial charge in [0.25, 0.3) is 0 Å². The van der Waals surface area contributed by atoms with Gasteiger partial charge >= 0.3 is 0 Å². The first-order chi connectivity index (χ1) is 10.8. The van der Waals surface area contributed by atoms with Crippen LogP contribution in [0.25, 0.3) is 0 Å². The molecule has 1 fully saturated rings. The molecule has 0 amide bonds. The van der Waals surface area contributed by atoms with Gasteiger partial charge in [0, 0.05) is 19.2 Å². The molecule has 0 radical (unpaired) electrons. The normalized spacial score (nSPS) is 19.1. The average Bonchev–Trinajstić information content (AvgIpc) is 2.56. The van der Waals surface area contributed by atoms with E-state index in [1.54, 1.807) is 0 Å². The second kappa shape index (κ2) is 9.70. The Balaban J connectivity index is 1.72. The third-order valence-electron chi connectivity index (χ3n) is 4.16. The second-order valence-corrected chi connectivity index (χ2v) is 5.87. The van der Waals surface area contributed by atoms with E-state index in [1.165, 1.54) is 19.3 Å². The molecule has 1 aliphatic rings. The molecule has 1 atom stereocenters. The van der Waals surface area contributed by atoms with E-state index in [0.29, 0.717) is 12.6 Å². The number of piperidine rings is 1. The van der Waals surface area contributed by atoms with Crippen LogP contribution in [0.3, 0.4) is 0 Å². The topological polar surface area (TPSA) is 41.9 Å². The molecule has 1 saturated heterocycles. The minimum Gasteiger partial charge on any atom is -0.494 e. The Labute approximate surface area is 134 Å². The first-order valence-corrected chi connectivity index (χ1v) is 8.54. The van der Waals surface area contributed by atoms with Gasteiger partial charge in [-0.25, -0.2) is 0 Å². The van der Waals surface area contributed by atoms with Gasteiger partial charge in [0.15, 0.2) is 0 Å². The number of hydrogen-bond acceptors (Lipinski definition) is 4. The van der Waals surface area contributed by atoms with E-state index in [9.17, 15) is 0 Å². The molecule has 0 aliphatic carbocycles. The quantitative estimate of drug-likeness (QED) is 0.761. The van der Waals surface area contributed by atoms with Crippen LogP contribution in [-0.2, 0) is 0 Å². The van der Waals surface area contributed by atoms with Gasteiger partial charge in [-0.2, -0.15) is 0 Å². The minimum absolute atomic E-state index is 0.279. The van der Waals surface area contributed by atoms with Crippen LogP contribution < -0.4 is 9.47 Å². The Morgan fingerprint density at radius 1 is 1.09 bits per heavy atom. The molecule has 1 aromatic carbocycles. The van der Waals surface area contributed by atoms with Crippen LogP contribution in [0, 0.1) is 0 Å². The highest BCUT2D eigenvalue weighted by molar-refractivity contribution is 5.31. The maximum Gasteiger partial charge on any atom is 0.119 e. The predicted octanol–water partition coefficient (Wildman–Crippen LogP) is 3.09. The number of hydrogen-bond donors (Lipinski definition) is 1. The first kappa shape index (κ1) is 17.1. The van der Waals surface area contributed by atoms with Crippen LogP contribution >= 0.6 is 0 Å². The van der Waals surface area contributed by atoms with Crippen LogP contribution in [0.2, 0.25) is 0 Å². The molecule has 0 saturated carbocycles. The maximum absolute atomic E-state index is 9.16. The van der Waals surface area contributed by atoms with Crippen molar-refractivity contribution in [1.82, 2.24) is 4.90 Å². The Morgan fingerprint density at radius 3 is 2.41 bits per heavy atom. The lowest BCUT2D eigenvalue weighted by atomic mass is 10.00. The van der Waals surface area contributed by atoms with Gasteiger partial charge in [-0.3, -0.25) is 4.90 Å². The van der Waals surface area contributed by atoms with Crippen LogP contribution in [0.15, 0.2) is 24.3 Å². The number of ether oxygens (including phenoxy) is 2. The van der Waals surface area contributed by atoms with E-state index in [1.807, 2.05) is 24.3 Å². The van der Waals surface area contributed by atoms with Gasteiger partial charge in [-0.1, -0.05) is 13.3 Å². The molecular formula is C18H29NO3. The first-order valence-electron chi connectivity index (χ1n) is 8.54. The highest BCUT2D eigenvalue weighted by atomic mass is 16.5. The van der Waals surface area contributed by atoms with Gasteiger partial charge in [-0.15, -0.1) is 0 Å². The van der Waals surface area contributed by atoms with Crippen molar-refractivity contribution in [3.8, 4) is 11.5 Å². The van der Waals surface area contributed by atoms with Crippen molar-refractivity contribution in [2.45, 2.75) is 45.1 Å². The molecule has 124 valence electrons. The lowest BCUT2D eigenvalue weighted by Gasteiger charge is -2.35. The number of benzene rings is 1. The van der Waals surface area contributed by atoms with Gasteiger partial charge in [-0.05, 0) is 56.5 Å². The van der Waals surface area contributed by atoms with Crippen molar-refractivity contribution in [1.29, 1.82) is 0 Å². The highest BCUT2D eigenvalue weighted by Crippen LogP contribution is 2.20. The van der Waals surface area contributed by atoms with Crippen LogP contribution in [0.1, 0.15) is 39.0 Å². The van der Waals surface area contributed by atoms with E-state index in [2.05, 4.69) is 11.8 Å². The molecule has 0 spiro atoms. The van der Waals surface area contributed by atoms with E-state index >= 15 is 0 Å². The van der Waals surface area contributed by atoms with E-state index in [4.69, 9.17) is 14.6 Å². The second-order valence-electron chi connectivity index (χ2n) is 5.87. The highest BCUT2D eigenvalue weighted by Gasteiger charge is 2.21. The molecule has 0 aromatic heterocycles. The van der Waals surface area contributed by atoms with Gasteiger partial charge < -0.3 is 14.6 Å². The van der Waals surface area contributed by atoms with Gasteiger partial charge in [0.05, 0.1) is 6.61 Å². The maximum atomic E-state index is 9.16. The summed E-state index contributed by atoms with van der Waals surface area (Å²) >= 11 is 0. The summed E-state index contributed by atoms with van der Waals surface area (Å²) in [6.07, 6.45) is 5.63. The fraction of sp³-hybridized carbons (Fsp3) is 0.667. The molecule has 4 nitrogen and oxygen atoms in total. The number of likely N-dealkylation sites (tertiary alicyclic amines) is 1. The van der Waals surface area contributed by atoms with Gasteiger partial charge in [0.1, 0.15) is 18.1 Å². The fourth-order valence-electron chi connectivity index (χ4n) is 2.96. The van der Waals surface area contributed by atoms with Crippen LogP contribution in [0.5, 0.6) is 11.5 Å². The summed E-state index contributed by atoms with van der Waals surface area (Å²) in [5, 5.41) is 9.16. The molecule has 1 aliphatic heterocycles. The van der Waals surface area contributed by atoms with Crippen molar-refractivity contribution < 1.29 is 14.6 Å². The number of aliphatic hydroxyl groups is 1. The molecule has 1 aromatic rings. The van der Waals surface area contributed by atoms with Crippen molar-refractivity contribution in [2.24, 2.45) is 0 Å². The summed E-state index contributed by atoms with van der Waals surface area (Å²) < 4.78 is 11.4. The average molecular weight is 307 g/mol. The molecule has 2 rings (SSSR count). The minimum atomic E-state index is 0.279. The van der Waals surface area contributed by atoms with E-state index in [-0.39, 0.29) is 6.61 Å². The standard InChI is InChI=1S/C18H29NO3/c1-2-14-21-17-6-8-18(9-7-17)22-15-12-19-11-4-3-5-16(19)10-13-20/h6-9,16,20H,2-5,10-15H2,1H3. The van der Waals surface area contributed by atoms with Crippen LogP contribution in [-0.4, -0.2) is 49.0 Å². The van der Waals surface area contributed by atoms with E-state index in [0.717, 1.165) is 44.0 Å². The molecule has 1 heterocycles. The number of rotatable bonds is 9. The summed E-state index contributed by atoms with van der Waals surface area (Å²) in [6, 6.07) is 8.37. The predicted molar refractivity (Wildman–Crippen MR) is 88.6 cm³/mol. The van der Waals surface area contributed by atoms with Crippen molar-refractivity contribution in [2.75, 3.05) is 32.9 Å². The van der Waals surface area contributed by atoms with Gasteiger partial charge in [0.2, 0.25) is 0 Å². The lowest BCUT2D eigenvalue weighted by Crippen LogP contribution is -2.42. The smallest absolute Gasteiger partial charge is 0.119 e. The largest absolute Gasteiger partial charge is 0.494 e. The molecule has 4 heteroatoms. The lowest BCUT2D eigenvalue weighted by molar-refractivity contribution is 0.102. The zero-order valence-electron chi connectivity index (χ0n) is 13.7. The molecule has 1 N–H and O–H groups in total. The Hall–Kier alpha value is -1.26. The zero-order chi connectivity index (χ0) is 15.6. The number of nitrogens with zero attached hydrogens (tertiary/aromatic N) is 1. The summed E-state index contributed by atoms with van der Waals surface area (Å²) in [5.74, 6) is 1.79. The fourth-order valence-corrected chi connectivity index (χ4v) is 2.96. The van der Waals surface area contributed by atoms with Crippen LogP contribution in [0.4, 0.5) is 0 Å². The summed E-state index contributed by atoms with van der Waals surface area (Å²) in [4.78, 5) is 2.46.